The van der Waals surface area contributed by atoms with Gasteiger partial charge in [0.15, 0.2) is 0 Å². The maximum Gasteiger partial charge on any atom is 0.355 e. The number of benzene rings is 2. The molecule has 142 valence electrons. The molecule has 0 saturated carbocycles. The number of anilines is 1. The third-order valence-corrected chi connectivity index (χ3v) is 4.11. The van der Waals surface area contributed by atoms with Crippen molar-refractivity contribution in [3.05, 3.63) is 93.3 Å². The molecule has 28 heavy (non-hydrogen) atoms. The minimum atomic E-state index is -1.26. The Balaban J connectivity index is 1.86. The Labute approximate surface area is 164 Å². The number of amides is 1. The van der Waals surface area contributed by atoms with Crippen molar-refractivity contribution in [1.82, 2.24) is 4.98 Å². The maximum atomic E-state index is 12.8. The molecule has 3 rings (SSSR count). The zero-order chi connectivity index (χ0) is 20.1. The van der Waals surface area contributed by atoms with Gasteiger partial charge in [0.25, 0.3) is 11.6 Å². The molecule has 0 aliphatic carbocycles. The van der Waals surface area contributed by atoms with Crippen LogP contribution in [0, 0.1) is 10.1 Å². The van der Waals surface area contributed by atoms with E-state index in [9.17, 15) is 19.7 Å². The largest absolute Gasteiger partial charge is 0.443 e. The molecular formula is C19H14ClN3O5. The number of hydrogen-bond acceptors (Lipinski definition) is 5. The van der Waals surface area contributed by atoms with Gasteiger partial charge in [0, 0.05) is 23.5 Å². The minimum Gasteiger partial charge on any atom is -0.443 e. The van der Waals surface area contributed by atoms with Crippen molar-refractivity contribution < 1.29 is 19.2 Å². The third-order valence-electron chi connectivity index (χ3n) is 3.79. The Morgan fingerprint density at radius 3 is 2.50 bits per heavy atom. The molecule has 2 aromatic carbocycles. The number of ether oxygens (including phenoxy) is 1. The summed E-state index contributed by atoms with van der Waals surface area (Å²) in [6.07, 6.45) is 0.299. The Morgan fingerprint density at radius 1 is 1.11 bits per heavy atom. The fourth-order valence-corrected chi connectivity index (χ4v) is 2.65. The van der Waals surface area contributed by atoms with Crippen LogP contribution in [-0.4, -0.2) is 21.8 Å². The number of nitro benzene ring substituents is 1. The summed E-state index contributed by atoms with van der Waals surface area (Å²) in [6.45, 7) is 0. The van der Waals surface area contributed by atoms with E-state index in [0.29, 0.717) is 5.56 Å². The highest BCUT2D eigenvalue weighted by atomic mass is 35.5. The van der Waals surface area contributed by atoms with Crippen molar-refractivity contribution in [2.45, 2.75) is 6.10 Å². The Hall–Kier alpha value is -3.65. The highest BCUT2D eigenvalue weighted by Crippen LogP contribution is 2.28. The number of H-pyrrole nitrogens is 1. The van der Waals surface area contributed by atoms with E-state index in [1.165, 1.54) is 18.2 Å². The van der Waals surface area contributed by atoms with Gasteiger partial charge in [-0.05, 0) is 24.3 Å². The summed E-state index contributed by atoms with van der Waals surface area (Å²) in [6, 6.07) is 15.4. The van der Waals surface area contributed by atoms with Crippen LogP contribution in [0.1, 0.15) is 22.2 Å². The highest BCUT2D eigenvalue weighted by Gasteiger charge is 2.26. The first-order chi connectivity index (χ1) is 13.5. The molecule has 1 amide bonds. The molecule has 8 nitrogen and oxygen atoms in total. The quantitative estimate of drug-likeness (QED) is 0.367. The first-order valence-corrected chi connectivity index (χ1v) is 8.47. The number of aromatic nitrogens is 1. The average molecular weight is 400 g/mol. The molecule has 3 aromatic rings. The van der Waals surface area contributed by atoms with Gasteiger partial charge in [-0.15, -0.1) is 0 Å². The molecule has 0 fully saturated rings. The summed E-state index contributed by atoms with van der Waals surface area (Å²) in [7, 11) is 0. The number of nitrogens with one attached hydrogen (secondary N) is 2. The molecule has 0 unspecified atom stereocenters. The van der Waals surface area contributed by atoms with E-state index < -0.39 is 22.9 Å². The fourth-order valence-electron chi connectivity index (χ4n) is 2.47. The van der Waals surface area contributed by atoms with Crippen LogP contribution in [-0.2, 0) is 9.53 Å². The van der Waals surface area contributed by atoms with Crippen molar-refractivity contribution in [3.63, 3.8) is 0 Å². The van der Waals surface area contributed by atoms with Gasteiger partial charge >= 0.3 is 5.97 Å². The van der Waals surface area contributed by atoms with Crippen LogP contribution < -0.4 is 5.32 Å². The van der Waals surface area contributed by atoms with Crippen LogP contribution in [0.25, 0.3) is 0 Å². The number of rotatable bonds is 6. The summed E-state index contributed by atoms with van der Waals surface area (Å²) in [5, 5.41) is 13.5. The predicted octanol–water partition coefficient (Wildman–Crippen LogP) is 4.11. The summed E-state index contributed by atoms with van der Waals surface area (Å²) in [4.78, 5) is 38.2. The minimum absolute atomic E-state index is 0.0548. The number of esters is 1. The van der Waals surface area contributed by atoms with Crippen LogP contribution in [0.15, 0.2) is 66.9 Å². The van der Waals surface area contributed by atoms with Crippen LogP contribution >= 0.6 is 11.6 Å². The standard InChI is InChI=1S/C19H14ClN3O5/c20-14-9-8-13(11-16(14)23(26)27)22-18(24)17(12-5-2-1-3-6-12)28-19(25)15-7-4-10-21-15/h1-11,17,21H,(H,22,24)/t17-/m1/s1. The normalized spacial score (nSPS) is 11.5. The van der Waals surface area contributed by atoms with Crippen LogP contribution in [0.5, 0.6) is 0 Å². The van der Waals surface area contributed by atoms with E-state index in [1.807, 2.05) is 0 Å². The smallest absolute Gasteiger partial charge is 0.355 e. The van der Waals surface area contributed by atoms with Crippen molar-refractivity contribution in [2.75, 3.05) is 5.32 Å². The summed E-state index contributed by atoms with van der Waals surface area (Å²) < 4.78 is 5.37. The molecule has 9 heteroatoms. The van der Waals surface area contributed by atoms with E-state index in [-0.39, 0.29) is 22.1 Å². The molecular weight excluding hydrogens is 386 g/mol. The number of halogens is 1. The highest BCUT2D eigenvalue weighted by molar-refractivity contribution is 6.32. The molecule has 0 bridgehead atoms. The second-order valence-corrected chi connectivity index (χ2v) is 6.10. The molecule has 0 spiro atoms. The van der Waals surface area contributed by atoms with E-state index in [0.717, 1.165) is 6.07 Å². The number of aromatic amines is 1. The molecule has 0 radical (unpaired) electrons. The summed E-state index contributed by atoms with van der Waals surface area (Å²) in [5.41, 5.74) is 0.441. The van der Waals surface area contributed by atoms with Crippen molar-refractivity contribution in [1.29, 1.82) is 0 Å². The van der Waals surface area contributed by atoms with E-state index in [2.05, 4.69) is 10.3 Å². The first kappa shape index (κ1) is 19.1. The maximum absolute atomic E-state index is 12.8. The lowest BCUT2D eigenvalue weighted by molar-refractivity contribution is -0.384. The lowest BCUT2D eigenvalue weighted by atomic mass is 10.1. The van der Waals surface area contributed by atoms with Gasteiger partial charge in [0.1, 0.15) is 10.7 Å². The number of nitrogens with zero attached hydrogens (tertiary/aromatic N) is 1. The summed E-state index contributed by atoms with van der Waals surface area (Å²) >= 11 is 5.78. The zero-order valence-electron chi connectivity index (χ0n) is 14.3. The Kier molecular flexibility index (Phi) is 5.71. The molecule has 2 N–H and O–H groups in total. The molecule has 1 atom stereocenters. The lowest BCUT2D eigenvalue weighted by Crippen LogP contribution is -2.26. The van der Waals surface area contributed by atoms with Crippen molar-refractivity contribution in [2.24, 2.45) is 0 Å². The first-order valence-electron chi connectivity index (χ1n) is 8.10. The number of carbonyl (C=O) groups excluding carboxylic acids is 2. The third kappa shape index (κ3) is 4.36. The number of nitro groups is 1. The van der Waals surface area contributed by atoms with E-state index >= 15 is 0 Å². The van der Waals surface area contributed by atoms with Gasteiger partial charge in [0.2, 0.25) is 6.10 Å². The van der Waals surface area contributed by atoms with Crippen molar-refractivity contribution in [3.8, 4) is 0 Å². The predicted molar refractivity (Wildman–Crippen MR) is 102 cm³/mol. The zero-order valence-corrected chi connectivity index (χ0v) is 15.1. The van der Waals surface area contributed by atoms with Crippen LogP contribution in [0.3, 0.4) is 0 Å². The second kappa shape index (κ2) is 8.36. The summed E-state index contributed by atoms with van der Waals surface area (Å²) in [5.74, 6) is -1.38. The average Bonchev–Trinajstić information content (AvgIpc) is 3.22. The molecule has 0 aliphatic heterocycles. The SMILES string of the molecule is O=C(O[C@@H](C(=O)Nc1ccc(Cl)c([N+](=O)[O-])c1)c1ccccc1)c1ccc[nH]1. The van der Waals surface area contributed by atoms with Crippen LogP contribution in [0.4, 0.5) is 11.4 Å². The second-order valence-electron chi connectivity index (χ2n) is 5.69. The van der Waals surface area contributed by atoms with E-state index in [4.69, 9.17) is 16.3 Å². The molecule has 1 aromatic heterocycles. The lowest BCUT2D eigenvalue weighted by Gasteiger charge is -2.18. The monoisotopic (exact) mass is 399 g/mol. The van der Waals surface area contributed by atoms with Gasteiger partial charge < -0.3 is 15.0 Å². The van der Waals surface area contributed by atoms with Crippen molar-refractivity contribution >= 4 is 34.9 Å². The fraction of sp³-hybridized carbons (Fsp3) is 0.0526. The van der Waals surface area contributed by atoms with Crippen LogP contribution in [0.2, 0.25) is 5.02 Å². The number of carbonyl (C=O) groups is 2. The number of hydrogen-bond donors (Lipinski definition) is 2. The van der Waals surface area contributed by atoms with Gasteiger partial charge in [-0.2, -0.15) is 0 Å². The van der Waals surface area contributed by atoms with Gasteiger partial charge in [-0.25, -0.2) is 4.79 Å². The molecule has 1 heterocycles. The van der Waals surface area contributed by atoms with Gasteiger partial charge in [0.05, 0.1) is 4.92 Å². The molecule has 0 aliphatic rings. The Morgan fingerprint density at radius 2 is 1.86 bits per heavy atom. The van der Waals surface area contributed by atoms with Gasteiger partial charge in [-0.3, -0.25) is 14.9 Å². The molecule has 0 saturated heterocycles. The van der Waals surface area contributed by atoms with E-state index in [1.54, 1.807) is 42.6 Å². The Bertz CT molecular complexity index is 1010. The topological polar surface area (TPSA) is 114 Å². The van der Waals surface area contributed by atoms with Gasteiger partial charge in [-0.1, -0.05) is 41.9 Å².